The number of nitrogens with two attached hydrogens (primary N) is 1. The lowest BCUT2D eigenvalue weighted by Gasteiger charge is -2.20. The molecule has 4 aromatic rings. The first-order valence-corrected chi connectivity index (χ1v) is 14.2. The summed E-state index contributed by atoms with van der Waals surface area (Å²) < 4.78 is 44.6. The van der Waals surface area contributed by atoms with Crippen molar-refractivity contribution in [2.45, 2.75) is 38.1 Å². The Labute approximate surface area is 227 Å². The molecule has 10 heteroatoms. The number of hydrogen-bond acceptors (Lipinski definition) is 7. The summed E-state index contributed by atoms with van der Waals surface area (Å²) in [5.41, 5.74) is 8.37. The molecule has 0 saturated heterocycles. The summed E-state index contributed by atoms with van der Waals surface area (Å²) >= 11 is 0. The minimum atomic E-state index is -3.62. The zero-order chi connectivity index (χ0) is 28.4. The van der Waals surface area contributed by atoms with Gasteiger partial charge < -0.3 is 10.3 Å². The molecule has 0 fully saturated rings. The molecule has 0 spiro atoms. The fourth-order valence-corrected chi connectivity index (χ4v) is 4.73. The van der Waals surface area contributed by atoms with Crippen LogP contribution in [-0.4, -0.2) is 37.6 Å². The average Bonchev–Trinajstić information content (AvgIpc) is 3.40. The number of carbonyl (C=O) groups excluding carboxylic acids is 1. The van der Waals surface area contributed by atoms with Gasteiger partial charge in [-0.1, -0.05) is 54.5 Å². The van der Waals surface area contributed by atoms with Gasteiger partial charge in [0.1, 0.15) is 5.82 Å². The second-order valence-corrected chi connectivity index (χ2v) is 12.1. The first-order chi connectivity index (χ1) is 18.3. The number of Topliss-reactive ketones (excluding diaryl/α,β-unsaturated/α-hetero) is 1. The molecule has 0 aliphatic rings. The maximum Gasteiger partial charge on any atom is 0.258 e. The summed E-state index contributed by atoms with van der Waals surface area (Å²) in [5.74, 6) is -0.372. The number of aromatic nitrogens is 2. The van der Waals surface area contributed by atoms with Gasteiger partial charge in [-0.25, -0.2) is 12.8 Å². The van der Waals surface area contributed by atoms with E-state index in [4.69, 9.17) is 10.3 Å². The average molecular weight is 551 g/mol. The Morgan fingerprint density at radius 3 is 2.41 bits per heavy atom. The van der Waals surface area contributed by atoms with E-state index in [1.54, 1.807) is 31.2 Å². The minimum absolute atomic E-state index is 0.110. The summed E-state index contributed by atoms with van der Waals surface area (Å²) in [6.07, 6.45) is 1.67. The standard InChI is InChI=1S/C29H31FN4O4S/c1-19(21-10-12-24(30)13-11-21)14-26(35)22-15-23(17-25(16-22)34(3)39(4,36)37)27-32-28(33-38-27)29(2,31)18-20-8-6-5-7-9-20/h5-13,15-17,19H,14,18,31H2,1-4H3/t19-,29+/m0/s1. The smallest absolute Gasteiger partial charge is 0.258 e. The van der Waals surface area contributed by atoms with Crippen molar-refractivity contribution in [3.05, 3.63) is 101 Å². The van der Waals surface area contributed by atoms with E-state index < -0.39 is 15.6 Å². The zero-order valence-electron chi connectivity index (χ0n) is 22.3. The SMILES string of the molecule is C[C@@H](CC(=O)c1cc(-c2nc([C@](C)(N)Cc3ccccc3)no2)cc(N(C)S(C)(=O)=O)c1)c1ccc(F)cc1. The summed E-state index contributed by atoms with van der Waals surface area (Å²) in [7, 11) is -2.22. The van der Waals surface area contributed by atoms with Crippen LogP contribution >= 0.6 is 0 Å². The number of hydrogen-bond donors (Lipinski definition) is 1. The van der Waals surface area contributed by atoms with Crippen molar-refractivity contribution in [3.8, 4) is 11.5 Å². The number of carbonyl (C=O) groups is 1. The predicted molar refractivity (Wildman–Crippen MR) is 148 cm³/mol. The molecule has 0 unspecified atom stereocenters. The normalized spacial score (nSPS) is 14.0. The quantitative estimate of drug-likeness (QED) is 0.274. The van der Waals surface area contributed by atoms with Crippen molar-refractivity contribution in [1.82, 2.24) is 10.1 Å². The number of nitrogens with zero attached hydrogens (tertiary/aromatic N) is 3. The Kier molecular flexibility index (Phi) is 7.99. The van der Waals surface area contributed by atoms with E-state index in [0.717, 1.165) is 21.7 Å². The molecule has 8 nitrogen and oxygen atoms in total. The van der Waals surface area contributed by atoms with Gasteiger partial charge in [-0.15, -0.1) is 0 Å². The van der Waals surface area contributed by atoms with Gasteiger partial charge in [0.15, 0.2) is 11.6 Å². The van der Waals surface area contributed by atoms with E-state index in [2.05, 4.69) is 10.1 Å². The van der Waals surface area contributed by atoms with Gasteiger partial charge in [-0.2, -0.15) is 4.98 Å². The molecule has 0 bridgehead atoms. The molecule has 204 valence electrons. The van der Waals surface area contributed by atoms with Crippen LogP contribution in [-0.2, 0) is 22.0 Å². The molecule has 0 amide bonds. The van der Waals surface area contributed by atoms with E-state index in [1.165, 1.54) is 25.2 Å². The van der Waals surface area contributed by atoms with Gasteiger partial charge in [0.2, 0.25) is 10.0 Å². The highest BCUT2D eigenvalue weighted by Crippen LogP contribution is 2.31. The highest BCUT2D eigenvalue weighted by Gasteiger charge is 2.29. The first-order valence-electron chi connectivity index (χ1n) is 12.4. The molecule has 4 rings (SSSR count). The third kappa shape index (κ3) is 6.76. The maximum atomic E-state index is 13.3. The molecule has 0 radical (unpaired) electrons. The lowest BCUT2D eigenvalue weighted by molar-refractivity contribution is 0.0975. The van der Waals surface area contributed by atoms with E-state index in [0.29, 0.717) is 12.0 Å². The molecule has 1 heterocycles. The Morgan fingerprint density at radius 1 is 1.10 bits per heavy atom. The lowest BCUT2D eigenvalue weighted by atomic mass is 9.92. The number of halogens is 1. The van der Waals surface area contributed by atoms with Gasteiger partial charge in [-0.05, 0) is 60.7 Å². The van der Waals surface area contributed by atoms with Crippen LogP contribution in [0.25, 0.3) is 11.5 Å². The number of rotatable bonds is 10. The predicted octanol–water partition coefficient (Wildman–Crippen LogP) is 5.06. The van der Waals surface area contributed by atoms with Crippen molar-refractivity contribution < 1.29 is 22.1 Å². The Bertz CT molecular complexity index is 1570. The summed E-state index contributed by atoms with van der Waals surface area (Å²) in [6.45, 7) is 3.67. The second kappa shape index (κ2) is 11.1. The number of ketones is 1. The third-order valence-electron chi connectivity index (χ3n) is 6.63. The van der Waals surface area contributed by atoms with Gasteiger partial charge in [0.25, 0.3) is 5.89 Å². The minimum Gasteiger partial charge on any atom is -0.334 e. The topological polar surface area (TPSA) is 119 Å². The third-order valence-corrected chi connectivity index (χ3v) is 7.84. The Morgan fingerprint density at radius 2 is 1.77 bits per heavy atom. The second-order valence-electron chi connectivity index (χ2n) is 10.1. The molecule has 2 N–H and O–H groups in total. The number of benzene rings is 3. The van der Waals surface area contributed by atoms with Crippen LogP contribution in [0.1, 0.15) is 53.5 Å². The molecular formula is C29H31FN4O4S. The van der Waals surface area contributed by atoms with Gasteiger partial charge in [-0.3, -0.25) is 9.10 Å². The summed E-state index contributed by atoms with van der Waals surface area (Å²) in [4.78, 5) is 17.9. The fourth-order valence-electron chi connectivity index (χ4n) is 4.25. The van der Waals surface area contributed by atoms with Crippen LogP contribution in [0.15, 0.2) is 77.3 Å². The van der Waals surface area contributed by atoms with Crippen molar-refractivity contribution in [2.24, 2.45) is 5.73 Å². The van der Waals surface area contributed by atoms with Crippen molar-refractivity contribution in [1.29, 1.82) is 0 Å². The highest BCUT2D eigenvalue weighted by molar-refractivity contribution is 7.92. The molecule has 3 aromatic carbocycles. The molecule has 0 saturated carbocycles. The Hall–Kier alpha value is -3.89. The molecular weight excluding hydrogens is 519 g/mol. The fraction of sp³-hybridized carbons (Fsp3) is 0.276. The van der Waals surface area contributed by atoms with E-state index >= 15 is 0 Å². The van der Waals surface area contributed by atoms with Crippen LogP contribution in [0.2, 0.25) is 0 Å². The lowest BCUT2D eigenvalue weighted by Crippen LogP contribution is -2.36. The highest BCUT2D eigenvalue weighted by atomic mass is 32.2. The maximum absolute atomic E-state index is 13.3. The van der Waals surface area contributed by atoms with E-state index in [1.807, 2.05) is 37.3 Å². The van der Waals surface area contributed by atoms with Gasteiger partial charge >= 0.3 is 0 Å². The first kappa shape index (κ1) is 28.1. The van der Waals surface area contributed by atoms with E-state index in [9.17, 15) is 17.6 Å². The monoisotopic (exact) mass is 550 g/mol. The summed E-state index contributed by atoms with van der Waals surface area (Å²) in [6, 6.07) is 20.4. The molecule has 2 atom stereocenters. The molecule has 39 heavy (non-hydrogen) atoms. The molecule has 1 aromatic heterocycles. The van der Waals surface area contributed by atoms with Crippen LogP contribution in [0.4, 0.5) is 10.1 Å². The van der Waals surface area contributed by atoms with Crippen molar-refractivity contribution in [2.75, 3.05) is 17.6 Å². The van der Waals surface area contributed by atoms with E-state index in [-0.39, 0.29) is 46.9 Å². The number of sulfonamides is 1. The van der Waals surface area contributed by atoms with Crippen LogP contribution in [0.3, 0.4) is 0 Å². The van der Waals surface area contributed by atoms with Gasteiger partial charge in [0, 0.05) is 24.6 Å². The summed E-state index contributed by atoms with van der Waals surface area (Å²) in [5, 5.41) is 4.09. The Balaban J connectivity index is 1.67. The largest absolute Gasteiger partial charge is 0.334 e. The van der Waals surface area contributed by atoms with Crippen molar-refractivity contribution >= 4 is 21.5 Å². The molecule has 0 aliphatic carbocycles. The molecule has 0 aliphatic heterocycles. The van der Waals surface area contributed by atoms with Crippen LogP contribution in [0, 0.1) is 5.82 Å². The number of anilines is 1. The van der Waals surface area contributed by atoms with Gasteiger partial charge in [0.05, 0.1) is 17.5 Å². The van der Waals surface area contributed by atoms with Crippen molar-refractivity contribution in [3.63, 3.8) is 0 Å². The van der Waals surface area contributed by atoms with Crippen LogP contribution in [0.5, 0.6) is 0 Å². The van der Waals surface area contributed by atoms with Crippen LogP contribution < -0.4 is 10.0 Å². The zero-order valence-corrected chi connectivity index (χ0v) is 23.1.